The van der Waals surface area contributed by atoms with Crippen molar-refractivity contribution in [1.82, 2.24) is 0 Å². The highest BCUT2D eigenvalue weighted by Crippen LogP contribution is 2.16. The van der Waals surface area contributed by atoms with Crippen LogP contribution in [0, 0.1) is 0 Å². The summed E-state index contributed by atoms with van der Waals surface area (Å²) < 4.78 is 0. The molecule has 0 aromatic rings. The van der Waals surface area contributed by atoms with E-state index in [2.05, 4.69) is 6.08 Å². The molecule has 0 heterocycles. The van der Waals surface area contributed by atoms with Gasteiger partial charge in [0, 0.05) is 6.42 Å². The summed E-state index contributed by atoms with van der Waals surface area (Å²) in [6.07, 6.45) is 9.19. The molecule has 1 rings (SSSR count). The van der Waals surface area contributed by atoms with Gasteiger partial charge in [-0.2, -0.15) is 0 Å². The number of hydrogen-bond acceptors (Lipinski definition) is 1. The third kappa shape index (κ3) is 3.03. The molecule has 0 aromatic heterocycles. The minimum absolute atomic E-state index is 0.264. The molecule has 0 aromatic carbocycles. The maximum Gasteiger partial charge on any atom is 0.303 e. The van der Waals surface area contributed by atoms with Crippen molar-refractivity contribution in [3.63, 3.8) is 0 Å². The monoisotopic (exact) mass is 152 g/mol. The average Bonchev–Trinajstić information content (AvgIpc) is 2.03. The minimum Gasteiger partial charge on any atom is -0.481 e. The van der Waals surface area contributed by atoms with E-state index >= 15 is 0 Å². The van der Waals surface area contributed by atoms with Gasteiger partial charge in [0.05, 0.1) is 0 Å². The van der Waals surface area contributed by atoms with Crippen molar-refractivity contribution in [2.75, 3.05) is 0 Å². The second-order valence-electron chi connectivity index (χ2n) is 2.69. The largest absolute Gasteiger partial charge is 0.481 e. The molecule has 0 radical (unpaired) electrons. The summed E-state index contributed by atoms with van der Waals surface area (Å²) in [5, 5.41) is 8.40. The van der Waals surface area contributed by atoms with Gasteiger partial charge >= 0.3 is 5.97 Å². The van der Waals surface area contributed by atoms with Gasteiger partial charge in [-0.3, -0.25) is 4.79 Å². The fourth-order valence-electron chi connectivity index (χ4n) is 1.13. The van der Waals surface area contributed by atoms with Crippen LogP contribution in [0.4, 0.5) is 0 Å². The summed E-state index contributed by atoms with van der Waals surface area (Å²) >= 11 is 0. The predicted molar refractivity (Wildman–Crippen MR) is 43.3 cm³/mol. The van der Waals surface area contributed by atoms with Crippen molar-refractivity contribution in [2.24, 2.45) is 0 Å². The van der Waals surface area contributed by atoms with Crippen molar-refractivity contribution >= 4 is 5.97 Å². The van der Waals surface area contributed by atoms with Crippen molar-refractivity contribution < 1.29 is 9.90 Å². The SMILES string of the molecule is O=C(O)CCC1=CC=CCC1. The Balaban J connectivity index is 2.31. The highest BCUT2D eigenvalue weighted by molar-refractivity contribution is 5.67. The van der Waals surface area contributed by atoms with Gasteiger partial charge < -0.3 is 5.11 Å². The number of hydrogen-bond donors (Lipinski definition) is 1. The maximum atomic E-state index is 10.2. The first-order valence-corrected chi connectivity index (χ1v) is 3.85. The fourth-order valence-corrected chi connectivity index (χ4v) is 1.13. The van der Waals surface area contributed by atoms with Gasteiger partial charge in [0.2, 0.25) is 0 Å². The molecule has 0 aliphatic heterocycles. The van der Waals surface area contributed by atoms with E-state index in [0.29, 0.717) is 6.42 Å². The third-order valence-electron chi connectivity index (χ3n) is 1.76. The minimum atomic E-state index is -0.708. The van der Waals surface area contributed by atoms with Gasteiger partial charge in [-0.15, -0.1) is 0 Å². The van der Waals surface area contributed by atoms with Gasteiger partial charge in [-0.1, -0.05) is 23.8 Å². The lowest BCUT2D eigenvalue weighted by atomic mass is 10.0. The van der Waals surface area contributed by atoms with Gasteiger partial charge in [0.15, 0.2) is 0 Å². The molecule has 0 bridgehead atoms. The molecular formula is C9H12O2. The zero-order valence-electron chi connectivity index (χ0n) is 6.42. The predicted octanol–water partition coefficient (Wildman–Crippen LogP) is 2.13. The van der Waals surface area contributed by atoms with Crippen molar-refractivity contribution in [1.29, 1.82) is 0 Å². The Labute approximate surface area is 66.2 Å². The Morgan fingerprint density at radius 2 is 2.45 bits per heavy atom. The van der Waals surface area contributed by atoms with Crippen LogP contribution in [-0.2, 0) is 4.79 Å². The summed E-state index contributed by atoms with van der Waals surface area (Å²) in [5.41, 5.74) is 1.26. The quantitative estimate of drug-likeness (QED) is 0.672. The van der Waals surface area contributed by atoms with Crippen LogP contribution in [0.5, 0.6) is 0 Å². The van der Waals surface area contributed by atoms with Gasteiger partial charge in [0.25, 0.3) is 0 Å². The molecule has 60 valence electrons. The normalized spacial score (nSPS) is 16.2. The molecule has 2 heteroatoms. The van der Waals surface area contributed by atoms with Crippen LogP contribution in [0.15, 0.2) is 23.8 Å². The van der Waals surface area contributed by atoms with Crippen molar-refractivity contribution in [3.05, 3.63) is 23.8 Å². The average molecular weight is 152 g/mol. The van der Waals surface area contributed by atoms with E-state index in [4.69, 9.17) is 5.11 Å². The van der Waals surface area contributed by atoms with Crippen molar-refractivity contribution in [3.8, 4) is 0 Å². The van der Waals surface area contributed by atoms with Crippen LogP contribution in [0.3, 0.4) is 0 Å². The lowest BCUT2D eigenvalue weighted by molar-refractivity contribution is -0.136. The maximum absolute atomic E-state index is 10.2. The molecule has 1 aliphatic rings. The zero-order valence-corrected chi connectivity index (χ0v) is 6.42. The highest BCUT2D eigenvalue weighted by atomic mass is 16.4. The molecular weight excluding hydrogens is 140 g/mol. The number of carboxylic acids is 1. The summed E-state index contributed by atoms with van der Waals surface area (Å²) in [4.78, 5) is 10.2. The highest BCUT2D eigenvalue weighted by Gasteiger charge is 2.02. The summed E-state index contributed by atoms with van der Waals surface area (Å²) in [5.74, 6) is -0.708. The molecule has 0 atom stereocenters. The topological polar surface area (TPSA) is 37.3 Å². The van der Waals surface area contributed by atoms with Crippen LogP contribution < -0.4 is 0 Å². The van der Waals surface area contributed by atoms with E-state index in [1.54, 1.807) is 0 Å². The summed E-state index contributed by atoms with van der Waals surface area (Å²) in [7, 11) is 0. The molecule has 1 N–H and O–H groups in total. The molecule has 2 nitrogen and oxygen atoms in total. The number of carbonyl (C=O) groups is 1. The van der Waals surface area contributed by atoms with Gasteiger partial charge in [-0.05, 0) is 19.3 Å². The summed E-state index contributed by atoms with van der Waals surface area (Å²) in [6, 6.07) is 0. The smallest absolute Gasteiger partial charge is 0.303 e. The Morgan fingerprint density at radius 1 is 1.64 bits per heavy atom. The van der Waals surface area contributed by atoms with Crippen LogP contribution in [0.2, 0.25) is 0 Å². The molecule has 11 heavy (non-hydrogen) atoms. The van der Waals surface area contributed by atoms with Crippen LogP contribution in [0.25, 0.3) is 0 Å². The van der Waals surface area contributed by atoms with Crippen LogP contribution in [0.1, 0.15) is 25.7 Å². The molecule has 0 unspecified atom stereocenters. The van der Waals surface area contributed by atoms with Crippen molar-refractivity contribution in [2.45, 2.75) is 25.7 Å². The number of aliphatic carboxylic acids is 1. The lowest BCUT2D eigenvalue weighted by Gasteiger charge is -2.05. The molecule has 0 fully saturated rings. The first-order valence-electron chi connectivity index (χ1n) is 3.85. The second-order valence-corrected chi connectivity index (χ2v) is 2.69. The molecule has 0 saturated heterocycles. The van der Waals surface area contributed by atoms with E-state index in [1.807, 2.05) is 12.2 Å². The number of rotatable bonds is 3. The van der Waals surface area contributed by atoms with Crippen LogP contribution >= 0.6 is 0 Å². The number of carboxylic acid groups (broad SMARTS) is 1. The Hall–Kier alpha value is -1.05. The third-order valence-corrected chi connectivity index (χ3v) is 1.76. The number of allylic oxidation sites excluding steroid dienone is 4. The molecule has 0 saturated carbocycles. The second kappa shape index (κ2) is 3.96. The molecule has 1 aliphatic carbocycles. The Morgan fingerprint density at radius 3 is 3.00 bits per heavy atom. The fraction of sp³-hybridized carbons (Fsp3) is 0.444. The Bertz CT molecular complexity index is 202. The Kier molecular flexibility index (Phi) is 2.90. The van der Waals surface area contributed by atoms with Gasteiger partial charge in [-0.25, -0.2) is 0 Å². The van der Waals surface area contributed by atoms with E-state index < -0.39 is 5.97 Å². The lowest BCUT2D eigenvalue weighted by Crippen LogP contribution is -1.96. The molecule has 0 spiro atoms. The standard InChI is InChI=1S/C9H12O2/c10-9(11)7-6-8-4-2-1-3-5-8/h1-2,4H,3,5-7H2,(H,10,11). The van der Waals surface area contributed by atoms with Gasteiger partial charge in [0.1, 0.15) is 0 Å². The van der Waals surface area contributed by atoms with E-state index in [-0.39, 0.29) is 6.42 Å². The molecule has 0 amide bonds. The van der Waals surface area contributed by atoms with E-state index in [1.165, 1.54) is 5.57 Å². The first-order chi connectivity index (χ1) is 5.29. The summed E-state index contributed by atoms with van der Waals surface area (Å²) in [6.45, 7) is 0. The van der Waals surface area contributed by atoms with E-state index in [9.17, 15) is 4.79 Å². The first kappa shape index (κ1) is 8.05. The van der Waals surface area contributed by atoms with E-state index in [0.717, 1.165) is 12.8 Å². The van der Waals surface area contributed by atoms with Crippen LogP contribution in [-0.4, -0.2) is 11.1 Å². The zero-order chi connectivity index (χ0) is 8.10.